The summed E-state index contributed by atoms with van der Waals surface area (Å²) in [6.45, 7) is 12.8. The molecular formula is C54H62N8O6. The van der Waals surface area contributed by atoms with E-state index in [9.17, 15) is 19.2 Å². The molecule has 0 radical (unpaired) electrons. The number of aromatic nitrogens is 4. The van der Waals surface area contributed by atoms with Crippen molar-refractivity contribution in [3.63, 3.8) is 0 Å². The first-order chi connectivity index (χ1) is 32.7. The van der Waals surface area contributed by atoms with E-state index >= 15 is 0 Å². The van der Waals surface area contributed by atoms with Crippen molar-refractivity contribution in [3.05, 3.63) is 108 Å². The van der Waals surface area contributed by atoms with Gasteiger partial charge in [0.1, 0.15) is 23.7 Å². The molecule has 2 aliphatic rings. The Morgan fingerprint density at radius 2 is 1.46 bits per heavy atom. The molecule has 14 nitrogen and oxygen atoms in total. The van der Waals surface area contributed by atoms with Crippen LogP contribution in [0.2, 0.25) is 0 Å². The summed E-state index contributed by atoms with van der Waals surface area (Å²) < 4.78 is 10.5. The number of hydrogen-bond donors (Lipinski definition) is 4. The van der Waals surface area contributed by atoms with Crippen molar-refractivity contribution in [2.75, 3.05) is 27.4 Å². The lowest BCUT2D eigenvalue weighted by Gasteiger charge is -2.39. The number of nitrogens with one attached hydrogen (secondary N) is 4. The monoisotopic (exact) mass is 918 g/mol. The van der Waals surface area contributed by atoms with E-state index in [0.29, 0.717) is 37.6 Å². The van der Waals surface area contributed by atoms with Crippen LogP contribution in [-0.2, 0) is 23.9 Å². The Morgan fingerprint density at radius 3 is 2.03 bits per heavy atom. The van der Waals surface area contributed by atoms with Gasteiger partial charge < -0.3 is 39.9 Å². The normalized spacial score (nSPS) is 17.8. The Kier molecular flexibility index (Phi) is 12.7. The number of likely N-dealkylation sites (tertiary alicyclic amines) is 1. The number of methoxy groups -OCH3 is 2. The van der Waals surface area contributed by atoms with Crippen LogP contribution < -0.4 is 10.6 Å². The molecule has 0 spiro atoms. The first kappa shape index (κ1) is 46.3. The van der Waals surface area contributed by atoms with Crippen LogP contribution in [0.25, 0.3) is 54.7 Å². The summed E-state index contributed by atoms with van der Waals surface area (Å²) in [6, 6.07) is 28.1. The number of aromatic amines is 2. The van der Waals surface area contributed by atoms with Crippen molar-refractivity contribution in [1.82, 2.24) is 40.4 Å². The largest absolute Gasteiger partial charge is 0.453 e. The predicted octanol–water partition coefficient (Wildman–Crippen LogP) is 9.67. The minimum Gasteiger partial charge on any atom is -0.453 e. The smallest absolute Gasteiger partial charge is 0.407 e. The maximum Gasteiger partial charge on any atom is 0.407 e. The van der Waals surface area contributed by atoms with Gasteiger partial charge in [-0.25, -0.2) is 14.8 Å². The number of H-pyrrole nitrogens is 2. The Labute approximate surface area is 396 Å². The standard InChI is InChI=1S/C54H62N8O6/c1-9-42(62(30(2)3)52(65)47(54(4,5)6)60-53(66)68-8)48-55-40-23-19-36-26-34(17-21-38(36)45(40)57-48)35-18-22-39-37(27-35)20-24-41-46(39)58-49(56-41)43-25-31(29-67-7)28-61(43)51(64)44(32-13-11-10-12-14-32)59-50(63)33-15-16-33/h10-14,17-24,26-27,30-31,33,42-44,47H,9,15-16,25,28-29H2,1-8H3,(H,55,57)(H,56,58)(H,59,63)(H,60,66)/t31-,42-,43-,44+,47+/m0/s1. The van der Waals surface area contributed by atoms with E-state index in [4.69, 9.17) is 19.4 Å². The van der Waals surface area contributed by atoms with Crippen LogP contribution in [0.5, 0.6) is 0 Å². The van der Waals surface area contributed by atoms with Crippen LogP contribution in [0.1, 0.15) is 103 Å². The summed E-state index contributed by atoms with van der Waals surface area (Å²) in [4.78, 5) is 75.5. The molecule has 4 amide bonds. The fraction of sp³-hybridized carbons (Fsp3) is 0.407. The zero-order valence-corrected chi connectivity index (χ0v) is 40.2. The molecule has 1 saturated heterocycles. The highest BCUT2D eigenvalue weighted by Gasteiger charge is 2.43. The van der Waals surface area contributed by atoms with E-state index in [2.05, 4.69) is 75.2 Å². The molecule has 7 aromatic rings. The third-order valence-electron chi connectivity index (χ3n) is 13.7. The zero-order chi connectivity index (χ0) is 48.0. The van der Waals surface area contributed by atoms with Gasteiger partial charge in [0.15, 0.2) is 0 Å². The first-order valence-electron chi connectivity index (χ1n) is 23.8. The number of carbonyl (C=O) groups excluding carboxylic acids is 4. The summed E-state index contributed by atoms with van der Waals surface area (Å²) in [5, 5.41) is 9.93. The highest BCUT2D eigenvalue weighted by atomic mass is 16.5. The molecular weight excluding hydrogens is 857 g/mol. The van der Waals surface area contributed by atoms with E-state index in [1.165, 1.54) is 7.11 Å². The fourth-order valence-corrected chi connectivity index (χ4v) is 10.1. The van der Waals surface area contributed by atoms with Crippen LogP contribution in [0.15, 0.2) is 91.0 Å². The average Bonchev–Trinajstić information content (AvgIpc) is 3.73. The van der Waals surface area contributed by atoms with Crippen molar-refractivity contribution in [3.8, 4) is 11.1 Å². The molecule has 5 aromatic carbocycles. The molecule has 14 heteroatoms. The molecule has 9 rings (SSSR count). The molecule has 3 heterocycles. The van der Waals surface area contributed by atoms with Gasteiger partial charge in [-0.3, -0.25) is 14.4 Å². The lowest BCUT2D eigenvalue weighted by molar-refractivity contribution is -0.141. The average molecular weight is 919 g/mol. The van der Waals surface area contributed by atoms with Crippen molar-refractivity contribution in [2.45, 2.75) is 97.4 Å². The first-order valence-corrected chi connectivity index (χ1v) is 23.8. The van der Waals surface area contributed by atoms with Gasteiger partial charge >= 0.3 is 6.09 Å². The predicted molar refractivity (Wildman–Crippen MR) is 264 cm³/mol. The third-order valence-corrected chi connectivity index (χ3v) is 13.7. The number of alkyl carbamates (subject to hydrolysis) is 1. The number of hydrogen-bond acceptors (Lipinski definition) is 8. The van der Waals surface area contributed by atoms with Crippen LogP contribution >= 0.6 is 0 Å². The zero-order valence-electron chi connectivity index (χ0n) is 40.2. The van der Waals surface area contributed by atoms with Gasteiger partial charge in [0.2, 0.25) is 17.7 Å². The van der Waals surface area contributed by atoms with Gasteiger partial charge in [0, 0.05) is 42.3 Å². The number of amides is 4. The van der Waals surface area contributed by atoms with Gasteiger partial charge in [-0.2, -0.15) is 0 Å². The number of ether oxygens (including phenoxy) is 2. The highest BCUT2D eigenvalue weighted by molar-refractivity contribution is 6.07. The second-order valence-electron chi connectivity index (χ2n) is 19.9. The number of fused-ring (bicyclic) bond motifs is 6. The Bertz CT molecular complexity index is 3020. The van der Waals surface area contributed by atoms with E-state index in [-0.39, 0.29) is 47.7 Å². The topological polar surface area (TPSA) is 175 Å². The second-order valence-corrected chi connectivity index (χ2v) is 19.9. The Morgan fingerprint density at radius 1 is 0.824 bits per heavy atom. The van der Waals surface area contributed by atoms with E-state index < -0.39 is 23.6 Å². The van der Waals surface area contributed by atoms with Gasteiger partial charge in [-0.15, -0.1) is 0 Å². The molecule has 1 aliphatic carbocycles. The van der Waals surface area contributed by atoms with Gasteiger partial charge in [-0.05, 0) is 96.7 Å². The van der Waals surface area contributed by atoms with Crippen molar-refractivity contribution in [1.29, 1.82) is 0 Å². The number of carbonyl (C=O) groups is 4. The highest BCUT2D eigenvalue weighted by Crippen LogP contribution is 2.40. The number of benzene rings is 5. The lowest BCUT2D eigenvalue weighted by Crippen LogP contribution is -2.56. The maximum atomic E-state index is 14.6. The number of imidazole rings is 2. The van der Waals surface area contributed by atoms with Gasteiger partial charge in [0.05, 0.1) is 47.9 Å². The van der Waals surface area contributed by atoms with Crippen LogP contribution in [-0.4, -0.2) is 93.0 Å². The minimum absolute atomic E-state index is 0.0359. The summed E-state index contributed by atoms with van der Waals surface area (Å²) in [6.07, 6.45) is 2.33. The molecule has 5 atom stereocenters. The molecule has 1 saturated carbocycles. The number of rotatable bonds is 14. The van der Waals surface area contributed by atoms with Crippen LogP contribution in [0.3, 0.4) is 0 Å². The lowest BCUT2D eigenvalue weighted by atomic mass is 9.85. The Hall–Kier alpha value is -6.80. The maximum absolute atomic E-state index is 14.6. The molecule has 1 aliphatic heterocycles. The molecule has 68 heavy (non-hydrogen) atoms. The SMILES string of the molecule is CC[C@@H](c1nc2c(ccc3cc(-c4ccc5c(ccc6[nH]c([C@@H]7C[C@H](COC)CN7C(=O)[C@H](NC(=O)C7CC7)c7ccccc7)nc65)c4)ccc32)[nH]1)N(C(=O)[C@@H](NC(=O)OC)C(C)(C)C)C(C)C. The fourth-order valence-electron chi connectivity index (χ4n) is 10.1. The van der Waals surface area contributed by atoms with E-state index in [0.717, 1.165) is 73.1 Å². The van der Waals surface area contributed by atoms with Gasteiger partial charge in [0.25, 0.3) is 0 Å². The molecule has 2 aromatic heterocycles. The van der Waals surface area contributed by atoms with Crippen molar-refractivity contribution in [2.24, 2.45) is 17.3 Å². The van der Waals surface area contributed by atoms with Crippen LogP contribution in [0, 0.1) is 17.3 Å². The second kappa shape index (κ2) is 18.7. The Balaban J connectivity index is 0.998. The van der Waals surface area contributed by atoms with E-state index in [1.807, 2.05) is 87.7 Å². The summed E-state index contributed by atoms with van der Waals surface area (Å²) in [5.74, 6) is 1.04. The van der Waals surface area contributed by atoms with Crippen molar-refractivity contribution < 1.29 is 28.7 Å². The third kappa shape index (κ3) is 9.01. The molecule has 354 valence electrons. The number of nitrogens with zero attached hydrogens (tertiary/aromatic N) is 4. The summed E-state index contributed by atoms with van der Waals surface area (Å²) in [7, 11) is 2.98. The minimum atomic E-state index is -0.811. The van der Waals surface area contributed by atoms with Crippen LogP contribution in [0.4, 0.5) is 4.79 Å². The molecule has 2 fully saturated rings. The molecule has 0 bridgehead atoms. The summed E-state index contributed by atoms with van der Waals surface area (Å²) >= 11 is 0. The molecule has 0 unspecified atom stereocenters. The van der Waals surface area contributed by atoms with Gasteiger partial charge in [-0.1, -0.05) is 94.4 Å². The summed E-state index contributed by atoms with van der Waals surface area (Å²) in [5.41, 5.74) is 5.71. The molecule has 4 N–H and O–H groups in total. The quantitative estimate of drug-likeness (QED) is 0.0834. The van der Waals surface area contributed by atoms with E-state index in [1.54, 1.807) is 7.11 Å². The van der Waals surface area contributed by atoms with Crippen molar-refractivity contribution >= 4 is 67.4 Å².